The number of nitrogens with two attached hydrogens (primary N) is 1. The lowest BCUT2D eigenvalue weighted by Crippen LogP contribution is -2.15. The lowest BCUT2D eigenvalue weighted by Gasteiger charge is -2.24. The van der Waals surface area contributed by atoms with Gasteiger partial charge in [-0.2, -0.15) is 0 Å². The molecule has 4 N–H and O–H groups in total. The van der Waals surface area contributed by atoms with Crippen molar-refractivity contribution in [2.45, 2.75) is 6.42 Å². The molecule has 0 saturated carbocycles. The molecule has 0 unspecified atom stereocenters. The van der Waals surface area contributed by atoms with Crippen molar-refractivity contribution in [3.05, 3.63) is 0 Å². The largest absolute Gasteiger partial charge is 0.469 e. The average molecular weight is 169 g/mol. The first kappa shape index (κ1) is 9.70. The molecule has 62 valence electrons. The van der Waals surface area contributed by atoms with E-state index < -0.39 is 16.7 Å². The van der Waals surface area contributed by atoms with Gasteiger partial charge in [0.2, 0.25) is 0 Å². The van der Waals surface area contributed by atoms with Crippen LogP contribution in [0.15, 0.2) is 0 Å². The third-order valence-corrected chi connectivity index (χ3v) is 1.64. The number of hydrogen-bond donors (Lipinski definition) is 3. The zero-order chi connectivity index (χ0) is 8.20. The fourth-order valence-corrected chi connectivity index (χ4v) is 0.803. The summed E-state index contributed by atoms with van der Waals surface area (Å²) < 4.78 is 21.4. The van der Waals surface area contributed by atoms with Gasteiger partial charge in [0.15, 0.2) is 0 Å². The van der Waals surface area contributed by atoms with Gasteiger partial charge < -0.3 is 4.74 Å². The van der Waals surface area contributed by atoms with Crippen molar-refractivity contribution >= 4 is 16.7 Å². The number of methoxy groups -OCH3 is 1. The number of carbonyl (C=O) groups is 1. The van der Waals surface area contributed by atoms with Crippen LogP contribution in [0.1, 0.15) is 6.42 Å². The highest BCUT2D eigenvalue weighted by Gasteiger charge is 2.08. The average Bonchev–Trinajstić information content (AvgIpc) is 1.81. The summed E-state index contributed by atoms with van der Waals surface area (Å²) in [4.78, 5) is 10.4. The smallest absolute Gasteiger partial charge is 0.307 e. The van der Waals surface area contributed by atoms with E-state index in [-0.39, 0.29) is 12.2 Å². The molecule has 0 fully saturated rings. The fraction of sp³-hybridized carbons (Fsp3) is 0.750. The highest BCUT2D eigenvalue weighted by atomic mass is 32.3. The molecule has 0 aromatic heterocycles. The van der Waals surface area contributed by atoms with Crippen LogP contribution in [0.3, 0.4) is 0 Å². The Hall–Kier alpha value is -0.300. The van der Waals surface area contributed by atoms with Crippen molar-refractivity contribution in [1.29, 1.82) is 0 Å². The van der Waals surface area contributed by atoms with Gasteiger partial charge >= 0.3 is 5.97 Å². The van der Waals surface area contributed by atoms with Gasteiger partial charge in [0.1, 0.15) is 0 Å². The van der Waals surface area contributed by atoms with E-state index in [4.69, 9.17) is 14.2 Å². The van der Waals surface area contributed by atoms with E-state index in [0.717, 1.165) is 0 Å². The Morgan fingerprint density at radius 1 is 1.70 bits per heavy atom. The van der Waals surface area contributed by atoms with E-state index in [1.54, 1.807) is 0 Å². The molecule has 0 spiro atoms. The Morgan fingerprint density at radius 3 is 2.50 bits per heavy atom. The number of rotatable bonds is 3. The van der Waals surface area contributed by atoms with Gasteiger partial charge in [0.05, 0.1) is 19.3 Å². The van der Waals surface area contributed by atoms with Crippen LogP contribution in [0.2, 0.25) is 0 Å². The van der Waals surface area contributed by atoms with Crippen molar-refractivity contribution in [2.24, 2.45) is 5.14 Å². The van der Waals surface area contributed by atoms with Crippen molar-refractivity contribution in [3.8, 4) is 0 Å². The highest BCUT2D eigenvalue weighted by Crippen LogP contribution is 2.28. The van der Waals surface area contributed by atoms with E-state index in [2.05, 4.69) is 4.74 Å². The Bertz CT molecular complexity index is 121. The van der Waals surface area contributed by atoms with Crippen molar-refractivity contribution in [3.63, 3.8) is 0 Å². The number of esters is 1. The van der Waals surface area contributed by atoms with Crippen LogP contribution in [-0.4, -0.2) is 27.9 Å². The van der Waals surface area contributed by atoms with Gasteiger partial charge in [0.25, 0.3) is 0 Å². The molecular formula is C4H11NO4S. The molecule has 0 heterocycles. The predicted molar refractivity (Wildman–Crippen MR) is 38.5 cm³/mol. The summed E-state index contributed by atoms with van der Waals surface area (Å²) in [5, 5.41) is 4.83. The molecule has 0 bridgehead atoms. The quantitative estimate of drug-likeness (QED) is 0.524. The fourth-order valence-electron chi connectivity index (χ4n) is 0.336. The molecule has 0 aliphatic rings. The molecule has 10 heavy (non-hydrogen) atoms. The Balaban J connectivity index is 3.46. The standard InChI is InChI=1S/C4H11NO4S/c1-9-4(6)2-3-10(5,7)8/h7-8H,2-3,5H2,1H3. The topological polar surface area (TPSA) is 92.8 Å². The van der Waals surface area contributed by atoms with Gasteiger partial charge in [-0.05, 0) is 0 Å². The maximum absolute atomic E-state index is 10.4. The van der Waals surface area contributed by atoms with Crippen molar-refractivity contribution in [2.75, 3.05) is 12.9 Å². The number of hydrogen-bond acceptors (Lipinski definition) is 5. The van der Waals surface area contributed by atoms with Crippen molar-refractivity contribution in [1.82, 2.24) is 0 Å². The zero-order valence-corrected chi connectivity index (χ0v) is 6.43. The SMILES string of the molecule is COC(=O)CCS(N)(O)O. The Morgan fingerprint density at radius 2 is 2.20 bits per heavy atom. The summed E-state index contributed by atoms with van der Waals surface area (Å²) in [6.45, 7) is 0. The van der Waals surface area contributed by atoms with E-state index in [1.807, 2.05) is 0 Å². The van der Waals surface area contributed by atoms with Crippen LogP contribution in [-0.2, 0) is 9.53 Å². The maximum Gasteiger partial charge on any atom is 0.307 e. The first-order valence-electron chi connectivity index (χ1n) is 2.56. The maximum atomic E-state index is 10.4. The van der Waals surface area contributed by atoms with Gasteiger partial charge in [-0.15, -0.1) is 10.8 Å². The minimum Gasteiger partial charge on any atom is -0.469 e. The van der Waals surface area contributed by atoms with E-state index in [1.165, 1.54) is 7.11 Å². The number of carbonyl (C=O) groups excluding carboxylic acids is 1. The second kappa shape index (κ2) is 3.77. The minimum atomic E-state index is -3.03. The summed E-state index contributed by atoms with van der Waals surface area (Å²) in [7, 11) is -1.80. The molecule has 0 aromatic carbocycles. The molecule has 0 aliphatic carbocycles. The number of ether oxygens (including phenoxy) is 1. The zero-order valence-electron chi connectivity index (χ0n) is 5.61. The second-order valence-electron chi connectivity index (χ2n) is 1.75. The Labute approximate surface area is 60.7 Å². The first-order valence-corrected chi connectivity index (χ1v) is 4.34. The normalized spacial score (nSPS) is 12.8. The van der Waals surface area contributed by atoms with Gasteiger partial charge in [-0.25, -0.2) is 5.14 Å². The summed E-state index contributed by atoms with van der Waals surface area (Å²) in [6, 6.07) is 0. The lowest BCUT2D eigenvalue weighted by molar-refractivity contribution is -0.140. The Kier molecular flexibility index (Phi) is 3.66. The summed E-state index contributed by atoms with van der Waals surface area (Å²) in [5.74, 6) is -0.634. The summed E-state index contributed by atoms with van der Waals surface area (Å²) in [6.07, 6.45) is -0.0602. The molecular weight excluding hydrogens is 158 g/mol. The van der Waals surface area contributed by atoms with Crippen LogP contribution >= 0.6 is 10.8 Å². The summed E-state index contributed by atoms with van der Waals surface area (Å²) in [5.41, 5.74) is 0. The van der Waals surface area contributed by atoms with Gasteiger partial charge in [-0.3, -0.25) is 13.9 Å². The summed E-state index contributed by atoms with van der Waals surface area (Å²) >= 11 is 0. The van der Waals surface area contributed by atoms with E-state index in [0.29, 0.717) is 0 Å². The molecule has 6 heteroatoms. The van der Waals surface area contributed by atoms with Gasteiger partial charge in [-0.1, -0.05) is 0 Å². The van der Waals surface area contributed by atoms with Crippen molar-refractivity contribution < 1.29 is 18.6 Å². The second-order valence-corrected chi connectivity index (χ2v) is 3.59. The van der Waals surface area contributed by atoms with E-state index in [9.17, 15) is 4.79 Å². The molecule has 0 amide bonds. The van der Waals surface area contributed by atoms with Gasteiger partial charge in [0, 0.05) is 0 Å². The third-order valence-electron chi connectivity index (χ3n) is 0.834. The molecule has 0 rings (SSSR count). The van der Waals surface area contributed by atoms with Crippen LogP contribution in [0.25, 0.3) is 0 Å². The molecule has 5 nitrogen and oxygen atoms in total. The minimum absolute atomic E-state index is 0.0602. The third kappa shape index (κ3) is 5.83. The molecule has 0 radical (unpaired) electrons. The van der Waals surface area contributed by atoms with E-state index >= 15 is 0 Å². The lowest BCUT2D eigenvalue weighted by atomic mass is 10.5. The van der Waals surface area contributed by atoms with Crippen LogP contribution < -0.4 is 5.14 Å². The first-order chi connectivity index (χ1) is 4.45. The monoisotopic (exact) mass is 169 g/mol. The van der Waals surface area contributed by atoms with Crippen LogP contribution in [0.4, 0.5) is 0 Å². The van der Waals surface area contributed by atoms with Crippen LogP contribution in [0, 0.1) is 0 Å². The predicted octanol–water partition coefficient (Wildman–Crippen LogP) is 0.174. The molecule has 0 saturated heterocycles. The molecule has 0 aliphatic heterocycles. The molecule has 0 atom stereocenters. The van der Waals surface area contributed by atoms with Crippen LogP contribution in [0.5, 0.6) is 0 Å². The highest BCUT2D eigenvalue weighted by molar-refractivity contribution is 8.22. The molecule has 0 aromatic rings.